The summed E-state index contributed by atoms with van der Waals surface area (Å²) in [5.41, 5.74) is 0. The van der Waals surface area contributed by atoms with Gasteiger partial charge in [-0.3, -0.25) is 9.59 Å². The quantitative estimate of drug-likeness (QED) is 0.214. The number of methoxy groups -OCH3 is 1. The molecule has 1 N–H and O–H groups in total. The van der Waals surface area contributed by atoms with Gasteiger partial charge in [0, 0.05) is 26.6 Å². The minimum absolute atomic E-state index is 0.0209. The van der Waals surface area contributed by atoms with Crippen LogP contribution in [0.25, 0.3) is 0 Å². The van der Waals surface area contributed by atoms with Crippen LogP contribution in [0.15, 0.2) is 12.2 Å². The van der Waals surface area contributed by atoms with Crippen LogP contribution in [0, 0.1) is 11.8 Å². The molecule has 0 spiro atoms. The van der Waals surface area contributed by atoms with E-state index < -0.39 is 5.97 Å². The Balaban J connectivity index is 3.68. The topological polar surface area (TPSA) is 63.6 Å². The second kappa shape index (κ2) is 18.2. The Morgan fingerprint density at radius 2 is 1.56 bits per heavy atom. The fraction of sp³-hybridized carbons (Fsp3) is 0.826. The zero-order valence-electron chi connectivity index (χ0n) is 17.9. The molecule has 0 amide bonds. The highest BCUT2D eigenvalue weighted by Crippen LogP contribution is 2.18. The largest absolute Gasteiger partial charge is 0.481 e. The molecule has 0 aliphatic carbocycles. The Kier molecular flexibility index (Phi) is 17.4. The van der Waals surface area contributed by atoms with E-state index in [1.54, 1.807) is 7.11 Å². The van der Waals surface area contributed by atoms with E-state index in [2.05, 4.69) is 13.0 Å². The van der Waals surface area contributed by atoms with E-state index in [9.17, 15) is 14.7 Å². The number of carboxylic acids is 1. The number of carbonyl (C=O) groups is 2. The van der Waals surface area contributed by atoms with Crippen molar-refractivity contribution in [3.05, 3.63) is 12.2 Å². The first-order valence-corrected chi connectivity index (χ1v) is 10.9. The summed E-state index contributed by atoms with van der Waals surface area (Å²) in [6.07, 6.45) is 17.5. The van der Waals surface area contributed by atoms with E-state index in [-0.39, 0.29) is 11.8 Å². The van der Waals surface area contributed by atoms with Crippen LogP contribution in [0.1, 0.15) is 97.3 Å². The van der Waals surface area contributed by atoms with Crippen molar-refractivity contribution in [1.82, 2.24) is 0 Å². The van der Waals surface area contributed by atoms with Gasteiger partial charge >= 0.3 is 5.97 Å². The van der Waals surface area contributed by atoms with Crippen molar-refractivity contribution in [2.75, 3.05) is 13.7 Å². The number of aliphatic carboxylic acids is 1. The average Bonchev–Trinajstić information content (AvgIpc) is 2.63. The molecule has 0 aromatic rings. The van der Waals surface area contributed by atoms with E-state index >= 15 is 0 Å². The molecule has 0 aliphatic rings. The number of ether oxygens (including phenoxy) is 1. The Bertz CT molecular complexity index is 403. The number of rotatable bonds is 19. The van der Waals surface area contributed by atoms with Gasteiger partial charge in [-0.2, -0.15) is 0 Å². The number of allylic oxidation sites excluding steroid dienone is 2. The highest BCUT2D eigenvalue weighted by Gasteiger charge is 2.22. The average molecular weight is 383 g/mol. The first-order chi connectivity index (χ1) is 13.0. The van der Waals surface area contributed by atoms with E-state index in [0.29, 0.717) is 18.8 Å². The monoisotopic (exact) mass is 382 g/mol. The third-order valence-electron chi connectivity index (χ3n) is 5.16. The fourth-order valence-corrected chi connectivity index (χ4v) is 3.29. The summed E-state index contributed by atoms with van der Waals surface area (Å²) in [6.45, 7) is 4.64. The Labute approximate surface area is 166 Å². The lowest BCUT2D eigenvalue weighted by Crippen LogP contribution is -2.21. The van der Waals surface area contributed by atoms with Crippen LogP contribution in [0.3, 0.4) is 0 Å². The van der Waals surface area contributed by atoms with Crippen LogP contribution in [0.5, 0.6) is 0 Å². The van der Waals surface area contributed by atoms with Crippen molar-refractivity contribution in [2.45, 2.75) is 97.3 Å². The lowest BCUT2D eigenvalue weighted by Gasteiger charge is -2.16. The van der Waals surface area contributed by atoms with Crippen molar-refractivity contribution < 1.29 is 19.4 Å². The van der Waals surface area contributed by atoms with Crippen molar-refractivity contribution in [3.63, 3.8) is 0 Å². The molecular weight excluding hydrogens is 340 g/mol. The third-order valence-corrected chi connectivity index (χ3v) is 5.16. The number of Topliss-reactive ketones (excluding diaryl/α,β-unsaturated/α-hetero) is 1. The van der Waals surface area contributed by atoms with Crippen molar-refractivity contribution in [2.24, 2.45) is 11.8 Å². The molecule has 0 rings (SSSR count). The van der Waals surface area contributed by atoms with Gasteiger partial charge in [0.05, 0.1) is 5.92 Å². The highest BCUT2D eigenvalue weighted by molar-refractivity contribution is 5.78. The second-order valence-corrected chi connectivity index (χ2v) is 7.67. The van der Waals surface area contributed by atoms with E-state index in [1.807, 2.05) is 13.0 Å². The number of hydrogen-bond donors (Lipinski definition) is 1. The maximum absolute atomic E-state index is 11.8. The van der Waals surface area contributed by atoms with Gasteiger partial charge in [-0.1, -0.05) is 64.5 Å². The minimum Gasteiger partial charge on any atom is -0.481 e. The van der Waals surface area contributed by atoms with Gasteiger partial charge in [0.2, 0.25) is 0 Å². The van der Waals surface area contributed by atoms with Gasteiger partial charge in [0.15, 0.2) is 0 Å². The molecule has 0 fully saturated rings. The van der Waals surface area contributed by atoms with Gasteiger partial charge in [-0.05, 0) is 38.0 Å². The number of carbonyl (C=O) groups excluding carboxylic acids is 1. The van der Waals surface area contributed by atoms with Gasteiger partial charge in [0.25, 0.3) is 0 Å². The summed E-state index contributed by atoms with van der Waals surface area (Å²) in [5, 5.41) is 9.29. The molecule has 0 heterocycles. The normalized spacial score (nSPS) is 13.7. The van der Waals surface area contributed by atoms with Crippen LogP contribution in [-0.4, -0.2) is 30.6 Å². The molecule has 0 aromatic carbocycles. The van der Waals surface area contributed by atoms with Crippen molar-refractivity contribution in [1.29, 1.82) is 0 Å². The minimum atomic E-state index is -0.751. The molecule has 0 aromatic heterocycles. The van der Waals surface area contributed by atoms with Crippen LogP contribution >= 0.6 is 0 Å². The number of unbranched alkanes of at least 4 members (excludes halogenated alkanes) is 8. The fourth-order valence-electron chi connectivity index (χ4n) is 3.29. The molecule has 4 nitrogen and oxygen atoms in total. The summed E-state index contributed by atoms with van der Waals surface area (Å²) >= 11 is 0. The first kappa shape index (κ1) is 25.8. The molecular formula is C23H42O4. The molecule has 0 aliphatic heterocycles. The Morgan fingerprint density at radius 3 is 2.11 bits per heavy atom. The highest BCUT2D eigenvalue weighted by atomic mass is 16.5. The lowest BCUT2D eigenvalue weighted by molar-refractivity contribution is -0.143. The lowest BCUT2D eigenvalue weighted by atomic mass is 9.90. The molecule has 2 atom stereocenters. The predicted molar refractivity (Wildman–Crippen MR) is 112 cm³/mol. The molecule has 0 bridgehead atoms. The van der Waals surface area contributed by atoms with Crippen LogP contribution in [0.4, 0.5) is 0 Å². The maximum atomic E-state index is 11.8. The van der Waals surface area contributed by atoms with Crippen molar-refractivity contribution >= 4 is 11.8 Å². The summed E-state index contributed by atoms with van der Waals surface area (Å²) in [6, 6.07) is 0. The summed E-state index contributed by atoms with van der Waals surface area (Å²) < 4.78 is 5.00. The summed E-state index contributed by atoms with van der Waals surface area (Å²) in [4.78, 5) is 23.1. The molecule has 158 valence electrons. The summed E-state index contributed by atoms with van der Waals surface area (Å²) in [7, 11) is 1.60. The standard InChI is InChI=1S/C23H42O4/c1-4-5-6-9-13-16-21(24)17-14-11-8-7-10-12-15-20(2)22(23(25)26)18-19-27-3/h12,15,20,22H,4-11,13-14,16-19H2,1-3H3,(H,25,26)/b15-12+/t20-,22+/m0/s1. The molecule has 4 heteroatoms. The SMILES string of the molecule is CCCCCCCC(=O)CCCCCC/C=C/[C@H](C)[C@@H](CCOC)C(=O)O. The van der Waals surface area contributed by atoms with Gasteiger partial charge in [-0.15, -0.1) is 0 Å². The van der Waals surface area contributed by atoms with E-state index in [4.69, 9.17) is 4.74 Å². The molecule has 0 saturated heterocycles. The van der Waals surface area contributed by atoms with E-state index in [0.717, 1.165) is 51.4 Å². The molecule has 0 radical (unpaired) electrons. The van der Waals surface area contributed by atoms with Gasteiger partial charge in [-0.25, -0.2) is 0 Å². The summed E-state index contributed by atoms with van der Waals surface area (Å²) in [5.74, 6) is -0.683. The van der Waals surface area contributed by atoms with Crippen LogP contribution < -0.4 is 0 Å². The van der Waals surface area contributed by atoms with Crippen molar-refractivity contribution in [3.8, 4) is 0 Å². The van der Waals surface area contributed by atoms with Gasteiger partial charge < -0.3 is 9.84 Å². The number of ketones is 1. The van der Waals surface area contributed by atoms with Crippen LogP contribution in [-0.2, 0) is 14.3 Å². The predicted octanol–water partition coefficient (Wildman–Crippen LogP) is 6.19. The number of carboxylic acid groups (broad SMARTS) is 1. The van der Waals surface area contributed by atoms with E-state index in [1.165, 1.54) is 25.7 Å². The molecule has 0 saturated carbocycles. The zero-order chi connectivity index (χ0) is 20.3. The first-order valence-electron chi connectivity index (χ1n) is 10.9. The maximum Gasteiger partial charge on any atom is 0.307 e. The third kappa shape index (κ3) is 15.6. The number of hydrogen-bond acceptors (Lipinski definition) is 3. The zero-order valence-corrected chi connectivity index (χ0v) is 17.9. The Hall–Kier alpha value is -1.16. The molecule has 0 unspecified atom stereocenters. The smallest absolute Gasteiger partial charge is 0.307 e. The van der Waals surface area contributed by atoms with Gasteiger partial charge in [0.1, 0.15) is 5.78 Å². The second-order valence-electron chi connectivity index (χ2n) is 7.67. The van der Waals surface area contributed by atoms with Crippen LogP contribution in [0.2, 0.25) is 0 Å². The molecule has 27 heavy (non-hydrogen) atoms. The Morgan fingerprint density at radius 1 is 0.963 bits per heavy atom.